The predicted molar refractivity (Wildman–Crippen MR) is 82.9 cm³/mol. The largest absolute Gasteiger partial charge is 0.471 e. The first kappa shape index (κ1) is 19.4. The molecule has 130 valence electrons. The molecule has 0 aliphatic rings. The Labute approximate surface area is 134 Å². The van der Waals surface area contributed by atoms with Crippen molar-refractivity contribution in [2.45, 2.75) is 46.0 Å². The Hall–Kier alpha value is -1.60. The number of hydrogen-bond donors (Lipinski definition) is 3. The number of rotatable bonds is 6. The van der Waals surface area contributed by atoms with Gasteiger partial charge in [0, 0.05) is 24.9 Å². The standard InChI is InChI=1S/C16H23F3N2O2/c1-15(2,3)13(7-8-22)20-10-11-5-4-6-12(9-11)21-14(23)16(17,18)19/h4-6,9,13,20,22H,7-8,10H2,1-3H3,(H,21,23). The third-order valence-electron chi connectivity index (χ3n) is 3.46. The summed E-state index contributed by atoms with van der Waals surface area (Å²) in [4.78, 5) is 10.9. The monoisotopic (exact) mass is 332 g/mol. The Kier molecular flexibility index (Phi) is 6.58. The van der Waals surface area contributed by atoms with Gasteiger partial charge in [-0.3, -0.25) is 4.79 Å². The lowest BCUT2D eigenvalue weighted by Gasteiger charge is -2.31. The number of carbonyl (C=O) groups excluding carboxylic acids is 1. The molecule has 0 aliphatic carbocycles. The second kappa shape index (κ2) is 7.79. The molecule has 0 aromatic heterocycles. The summed E-state index contributed by atoms with van der Waals surface area (Å²) in [6.45, 7) is 6.61. The van der Waals surface area contributed by atoms with E-state index in [2.05, 4.69) is 5.32 Å². The third kappa shape index (κ3) is 6.58. The number of amides is 1. The Morgan fingerprint density at radius 1 is 1.26 bits per heavy atom. The van der Waals surface area contributed by atoms with Gasteiger partial charge in [0.05, 0.1) is 0 Å². The van der Waals surface area contributed by atoms with E-state index in [-0.39, 0.29) is 23.8 Å². The smallest absolute Gasteiger partial charge is 0.396 e. The maximum atomic E-state index is 12.3. The van der Waals surface area contributed by atoms with Crippen molar-refractivity contribution in [3.8, 4) is 0 Å². The van der Waals surface area contributed by atoms with E-state index in [9.17, 15) is 18.0 Å². The molecule has 1 amide bonds. The molecule has 0 spiro atoms. The molecule has 0 aliphatic heterocycles. The number of hydrogen-bond acceptors (Lipinski definition) is 3. The molecule has 1 rings (SSSR count). The van der Waals surface area contributed by atoms with Gasteiger partial charge in [-0.2, -0.15) is 13.2 Å². The van der Waals surface area contributed by atoms with Crippen molar-refractivity contribution in [1.82, 2.24) is 5.32 Å². The van der Waals surface area contributed by atoms with Crippen molar-refractivity contribution < 1.29 is 23.1 Å². The van der Waals surface area contributed by atoms with Gasteiger partial charge < -0.3 is 15.7 Å². The van der Waals surface area contributed by atoms with E-state index in [0.717, 1.165) is 5.56 Å². The fourth-order valence-corrected chi connectivity index (χ4v) is 2.17. The van der Waals surface area contributed by atoms with E-state index >= 15 is 0 Å². The first-order chi connectivity index (χ1) is 10.5. The molecular weight excluding hydrogens is 309 g/mol. The van der Waals surface area contributed by atoms with Crippen LogP contribution in [0.15, 0.2) is 24.3 Å². The van der Waals surface area contributed by atoms with Gasteiger partial charge in [0.2, 0.25) is 0 Å². The summed E-state index contributed by atoms with van der Waals surface area (Å²) < 4.78 is 36.8. The highest BCUT2D eigenvalue weighted by atomic mass is 19.4. The molecule has 1 atom stereocenters. The molecule has 3 N–H and O–H groups in total. The minimum absolute atomic E-state index is 0.0522. The molecule has 7 heteroatoms. The third-order valence-corrected chi connectivity index (χ3v) is 3.46. The zero-order valence-electron chi connectivity index (χ0n) is 13.5. The number of nitrogens with one attached hydrogen (secondary N) is 2. The summed E-state index contributed by atoms with van der Waals surface area (Å²) in [6.07, 6.45) is -4.33. The van der Waals surface area contributed by atoms with Crippen LogP contribution < -0.4 is 10.6 Å². The van der Waals surface area contributed by atoms with E-state index in [1.807, 2.05) is 26.1 Å². The highest BCUT2D eigenvalue weighted by molar-refractivity contribution is 5.94. The summed E-state index contributed by atoms with van der Waals surface area (Å²) in [7, 11) is 0. The lowest BCUT2D eigenvalue weighted by atomic mass is 9.85. The fraction of sp³-hybridized carbons (Fsp3) is 0.562. The molecular formula is C16H23F3N2O2. The zero-order chi connectivity index (χ0) is 17.7. The van der Waals surface area contributed by atoms with Crippen molar-refractivity contribution in [2.24, 2.45) is 5.41 Å². The van der Waals surface area contributed by atoms with Gasteiger partial charge in [-0.15, -0.1) is 0 Å². The molecule has 0 heterocycles. The Bertz CT molecular complexity index is 525. The van der Waals surface area contributed by atoms with E-state index in [1.165, 1.54) is 12.1 Å². The van der Waals surface area contributed by atoms with Crippen molar-refractivity contribution >= 4 is 11.6 Å². The van der Waals surface area contributed by atoms with Gasteiger partial charge in [0.25, 0.3) is 0 Å². The van der Waals surface area contributed by atoms with E-state index in [0.29, 0.717) is 13.0 Å². The van der Waals surface area contributed by atoms with Crippen LogP contribution in [0.2, 0.25) is 0 Å². The van der Waals surface area contributed by atoms with Crippen molar-refractivity contribution in [2.75, 3.05) is 11.9 Å². The van der Waals surface area contributed by atoms with E-state index in [1.54, 1.807) is 12.1 Å². The maximum absolute atomic E-state index is 12.3. The second-order valence-corrected chi connectivity index (χ2v) is 6.46. The number of aliphatic hydroxyl groups excluding tert-OH is 1. The average molecular weight is 332 g/mol. The van der Waals surface area contributed by atoms with Crippen molar-refractivity contribution in [1.29, 1.82) is 0 Å². The Morgan fingerprint density at radius 3 is 2.43 bits per heavy atom. The lowest BCUT2D eigenvalue weighted by Crippen LogP contribution is -2.40. The van der Waals surface area contributed by atoms with Crippen LogP contribution in [0.3, 0.4) is 0 Å². The van der Waals surface area contributed by atoms with Gasteiger partial charge in [-0.1, -0.05) is 32.9 Å². The minimum atomic E-state index is -4.91. The number of anilines is 1. The van der Waals surface area contributed by atoms with Crippen molar-refractivity contribution in [3.05, 3.63) is 29.8 Å². The van der Waals surface area contributed by atoms with Crippen LogP contribution in [0.4, 0.5) is 18.9 Å². The van der Waals surface area contributed by atoms with Gasteiger partial charge in [-0.25, -0.2) is 0 Å². The van der Waals surface area contributed by atoms with Crippen LogP contribution in [0.5, 0.6) is 0 Å². The summed E-state index contributed by atoms with van der Waals surface area (Å²) in [6, 6.07) is 6.30. The SMILES string of the molecule is CC(C)(C)C(CCO)NCc1cccc(NC(=O)C(F)(F)F)c1. The molecule has 0 radical (unpaired) electrons. The quantitative estimate of drug-likeness (QED) is 0.750. The van der Waals surface area contributed by atoms with Crippen LogP contribution in [-0.4, -0.2) is 29.8 Å². The Balaban J connectivity index is 2.72. The fourth-order valence-electron chi connectivity index (χ4n) is 2.17. The summed E-state index contributed by atoms with van der Waals surface area (Å²) in [5, 5.41) is 14.2. The number of carbonyl (C=O) groups is 1. The second-order valence-electron chi connectivity index (χ2n) is 6.46. The highest BCUT2D eigenvalue weighted by Gasteiger charge is 2.38. The van der Waals surface area contributed by atoms with Gasteiger partial charge in [0.15, 0.2) is 0 Å². The zero-order valence-corrected chi connectivity index (χ0v) is 13.5. The van der Waals surface area contributed by atoms with Crippen LogP contribution in [-0.2, 0) is 11.3 Å². The van der Waals surface area contributed by atoms with Gasteiger partial charge in [0.1, 0.15) is 0 Å². The number of benzene rings is 1. The molecule has 1 aromatic rings. The minimum Gasteiger partial charge on any atom is -0.396 e. The van der Waals surface area contributed by atoms with E-state index in [4.69, 9.17) is 5.11 Å². The average Bonchev–Trinajstić information content (AvgIpc) is 2.41. The van der Waals surface area contributed by atoms with Crippen LogP contribution in [0.25, 0.3) is 0 Å². The molecule has 1 aromatic carbocycles. The van der Waals surface area contributed by atoms with Crippen LogP contribution in [0.1, 0.15) is 32.8 Å². The molecule has 0 bridgehead atoms. The molecule has 0 fully saturated rings. The molecule has 4 nitrogen and oxygen atoms in total. The van der Waals surface area contributed by atoms with Crippen LogP contribution >= 0.6 is 0 Å². The maximum Gasteiger partial charge on any atom is 0.471 e. The number of alkyl halides is 3. The van der Waals surface area contributed by atoms with Crippen LogP contribution in [0, 0.1) is 5.41 Å². The molecule has 1 unspecified atom stereocenters. The van der Waals surface area contributed by atoms with Gasteiger partial charge in [-0.05, 0) is 29.5 Å². The molecule has 23 heavy (non-hydrogen) atoms. The normalized spacial score (nSPS) is 13.7. The highest BCUT2D eigenvalue weighted by Crippen LogP contribution is 2.23. The summed E-state index contributed by atoms with van der Waals surface area (Å²) in [5.74, 6) is -1.99. The molecule has 0 saturated heterocycles. The topological polar surface area (TPSA) is 61.4 Å². The summed E-state index contributed by atoms with van der Waals surface area (Å²) >= 11 is 0. The first-order valence-corrected chi connectivity index (χ1v) is 7.35. The lowest BCUT2D eigenvalue weighted by molar-refractivity contribution is -0.167. The molecule has 0 saturated carbocycles. The van der Waals surface area contributed by atoms with Crippen molar-refractivity contribution in [3.63, 3.8) is 0 Å². The number of halogens is 3. The van der Waals surface area contributed by atoms with E-state index < -0.39 is 12.1 Å². The summed E-state index contributed by atoms with van der Waals surface area (Å²) in [5.41, 5.74) is 0.781. The predicted octanol–water partition coefficient (Wildman–Crippen LogP) is 3.07. The Morgan fingerprint density at radius 2 is 1.91 bits per heavy atom. The first-order valence-electron chi connectivity index (χ1n) is 7.35. The number of aliphatic hydroxyl groups is 1. The van der Waals surface area contributed by atoms with Gasteiger partial charge >= 0.3 is 12.1 Å².